The van der Waals surface area contributed by atoms with Crippen molar-refractivity contribution in [3.8, 4) is 0 Å². The lowest BCUT2D eigenvalue weighted by Crippen LogP contribution is -2.38. The molecule has 1 aliphatic rings. The minimum Gasteiger partial charge on any atom is -0.339 e. The van der Waals surface area contributed by atoms with E-state index in [4.69, 9.17) is 0 Å². The highest BCUT2D eigenvalue weighted by Crippen LogP contribution is 2.34. The van der Waals surface area contributed by atoms with Crippen LogP contribution in [0.15, 0.2) is 59.8 Å². The quantitative estimate of drug-likeness (QED) is 0.248. The maximum Gasteiger partial charge on any atom is 0.416 e. The van der Waals surface area contributed by atoms with Crippen molar-refractivity contribution in [3.63, 3.8) is 0 Å². The van der Waals surface area contributed by atoms with Crippen LogP contribution in [0, 0.1) is 10.1 Å². The fraction of sp³-hybridized carbons (Fsp3) is 0.333. The Morgan fingerprint density at radius 3 is 2.57 bits per heavy atom. The van der Waals surface area contributed by atoms with Crippen molar-refractivity contribution in [3.05, 3.63) is 87.5 Å². The predicted molar refractivity (Wildman–Crippen MR) is 126 cm³/mol. The summed E-state index contributed by atoms with van der Waals surface area (Å²) in [5.41, 5.74) is -0.332. The number of nitrogens with zero attached hydrogens (tertiary/aromatic N) is 4. The van der Waals surface area contributed by atoms with Crippen LogP contribution in [-0.2, 0) is 12.7 Å². The van der Waals surface area contributed by atoms with Crippen molar-refractivity contribution in [1.82, 2.24) is 14.5 Å². The molecule has 0 atom stereocenters. The van der Waals surface area contributed by atoms with Crippen molar-refractivity contribution in [2.24, 2.45) is 0 Å². The molecular formula is C24H23F3N4O3S. The van der Waals surface area contributed by atoms with E-state index in [1.807, 2.05) is 0 Å². The number of likely N-dealkylation sites (tertiary alicyclic amines) is 1. The maximum absolute atomic E-state index is 13.4. The van der Waals surface area contributed by atoms with Crippen LogP contribution in [0.4, 0.5) is 18.9 Å². The Balaban J connectivity index is 1.46. The van der Waals surface area contributed by atoms with E-state index in [0.29, 0.717) is 36.7 Å². The van der Waals surface area contributed by atoms with E-state index in [0.717, 1.165) is 6.07 Å². The van der Waals surface area contributed by atoms with Crippen molar-refractivity contribution < 1.29 is 22.9 Å². The molecule has 0 unspecified atom stereocenters. The molecule has 1 aromatic heterocycles. The van der Waals surface area contributed by atoms with Crippen molar-refractivity contribution >= 4 is 23.4 Å². The summed E-state index contributed by atoms with van der Waals surface area (Å²) in [7, 11) is 0. The normalized spacial score (nSPS) is 14.8. The average Bonchev–Trinajstić information content (AvgIpc) is 3.31. The summed E-state index contributed by atoms with van der Waals surface area (Å²) >= 11 is 1.24. The molecule has 2 heterocycles. The Morgan fingerprint density at radius 2 is 1.91 bits per heavy atom. The van der Waals surface area contributed by atoms with E-state index >= 15 is 0 Å². The van der Waals surface area contributed by atoms with Gasteiger partial charge in [0.05, 0.1) is 15.4 Å². The van der Waals surface area contributed by atoms with Gasteiger partial charge in [0.25, 0.3) is 11.6 Å². The number of hydrogen-bond acceptors (Lipinski definition) is 5. The van der Waals surface area contributed by atoms with Gasteiger partial charge in [-0.3, -0.25) is 14.9 Å². The molecule has 4 rings (SSSR count). The highest BCUT2D eigenvalue weighted by Gasteiger charge is 2.33. The molecule has 0 spiro atoms. The second-order valence-corrected chi connectivity index (χ2v) is 9.13. The molecule has 1 saturated heterocycles. The first-order valence-electron chi connectivity index (χ1n) is 11.0. The first kappa shape index (κ1) is 24.8. The minimum atomic E-state index is -4.44. The summed E-state index contributed by atoms with van der Waals surface area (Å²) in [4.78, 5) is 30.4. The number of nitro groups is 1. The van der Waals surface area contributed by atoms with Gasteiger partial charge >= 0.3 is 6.18 Å². The third-order valence-electron chi connectivity index (χ3n) is 6.18. The Kier molecular flexibility index (Phi) is 7.15. The van der Waals surface area contributed by atoms with Gasteiger partial charge in [0.2, 0.25) is 0 Å². The summed E-state index contributed by atoms with van der Waals surface area (Å²) in [6.07, 6.45) is 1.73. The second-order valence-electron chi connectivity index (χ2n) is 8.28. The molecule has 2 aromatic carbocycles. The number of thioether (sulfide) groups is 1. The lowest BCUT2D eigenvalue weighted by atomic mass is 9.95. The molecule has 3 aromatic rings. The van der Waals surface area contributed by atoms with Gasteiger partial charge in [-0.15, -0.1) is 11.8 Å². The molecule has 0 N–H and O–H groups in total. The highest BCUT2D eigenvalue weighted by molar-refractivity contribution is 7.98. The standard InChI is InChI=1S/C24H23F3N4O3S/c1-35-21-7-6-17(14-20(21)31(33)34)23(32)29-11-8-16(9-12-29)22-28-10-13-30(22)15-18-4-2-3-5-19(18)24(25,26)27/h2-7,10,13-14,16H,8-9,11-12,15H2,1H3. The second kappa shape index (κ2) is 10.1. The van der Waals surface area contributed by atoms with Gasteiger partial charge in [-0.1, -0.05) is 18.2 Å². The van der Waals surface area contributed by atoms with E-state index in [-0.39, 0.29) is 35.2 Å². The van der Waals surface area contributed by atoms with Gasteiger partial charge in [-0.05, 0) is 42.9 Å². The smallest absolute Gasteiger partial charge is 0.339 e. The number of imidazole rings is 1. The molecule has 7 nitrogen and oxygen atoms in total. The SMILES string of the molecule is CSc1ccc(C(=O)N2CCC(c3nccn3Cc3ccccc3C(F)(F)F)CC2)cc1[N+](=O)[O-]. The third kappa shape index (κ3) is 5.34. The first-order chi connectivity index (χ1) is 16.7. The number of aromatic nitrogens is 2. The number of carbonyl (C=O) groups is 1. The molecule has 0 radical (unpaired) electrons. The lowest BCUT2D eigenvalue weighted by Gasteiger charge is -2.32. The van der Waals surface area contributed by atoms with Crippen LogP contribution in [0.2, 0.25) is 0 Å². The van der Waals surface area contributed by atoms with E-state index < -0.39 is 16.7 Å². The van der Waals surface area contributed by atoms with Gasteiger partial charge in [-0.25, -0.2) is 4.98 Å². The summed E-state index contributed by atoms with van der Waals surface area (Å²) in [6.45, 7) is 0.900. The zero-order valence-corrected chi connectivity index (χ0v) is 19.7. The number of piperidine rings is 1. The highest BCUT2D eigenvalue weighted by atomic mass is 32.2. The molecule has 35 heavy (non-hydrogen) atoms. The van der Waals surface area contributed by atoms with Crippen LogP contribution < -0.4 is 0 Å². The summed E-state index contributed by atoms with van der Waals surface area (Å²) in [5.74, 6) is 0.399. The molecular weight excluding hydrogens is 481 g/mol. The molecule has 0 aliphatic carbocycles. The zero-order valence-electron chi connectivity index (χ0n) is 18.9. The van der Waals surface area contributed by atoms with Gasteiger partial charge < -0.3 is 9.47 Å². The van der Waals surface area contributed by atoms with E-state index in [1.165, 1.54) is 30.0 Å². The fourth-order valence-corrected chi connectivity index (χ4v) is 4.97. The van der Waals surface area contributed by atoms with Gasteiger partial charge in [-0.2, -0.15) is 13.2 Å². The van der Waals surface area contributed by atoms with Crippen LogP contribution in [0.1, 0.15) is 46.1 Å². The summed E-state index contributed by atoms with van der Waals surface area (Å²) in [6, 6.07) is 9.99. The molecule has 0 saturated carbocycles. The molecule has 1 amide bonds. The molecule has 1 fully saturated rings. The van der Waals surface area contributed by atoms with Crippen molar-refractivity contribution in [2.45, 2.75) is 36.4 Å². The van der Waals surface area contributed by atoms with Crippen LogP contribution in [0.25, 0.3) is 0 Å². The number of amides is 1. The Labute approximate surface area is 204 Å². The third-order valence-corrected chi connectivity index (χ3v) is 6.97. The summed E-state index contributed by atoms with van der Waals surface area (Å²) in [5, 5.41) is 11.3. The van der Waals surface area contributed by atoms with E-state index in [2.05, 4.69) is 4.98 Å². The van der Waals surface area contributed by atoms with E-state index in [9.17, 15) is 28.1 Å². The number of hydrogen-bond donors (Lipinski definition) is 0. The Hall–Kier alpha value is -3.34. The van der Waals surface area contributed by atoms with Crippen LogP contribution in [-0.4, -0.2) is 44.6 Å². The van der Waals surface area contributed by atoms with Crippen LogP contribution >= 0.6 is 11.8 Å². The van der Waals surface area contributed by atoms with Gasteiger partial charge in [0.15, 0.2) is 0 Å². The molecule has 0 bridgehead atoms. The van der Waals surface area contributed by atoms with E-state index in [1.54, 1.807) is 46.3 Å². The average molecular weight is 505 g/mol. The molecule has 11 heteroatoms. The molecule has 184 valence electrons. The minimum absolute atomic E-state index is 0.0136. The Morgan fingerprint density at radius 1 is 1.20 bits per heavy atom. The fourth-order valence-electron chi connectivity index (χ4n) is 4.42. The molecule has 1 aliphatic heterocycles. The monoisotopic (exact) mass is 504 g/mol. The number of benzene rings is 2. The van der Waals surface area contributed by atoms with Crippen molar-refractivity contribution in [2.75, 3.05) is 19.3 Å². The largest absolute Gasteiger partial charge is 0.416 e. The number of halogens is 3. The summed E-state index contributed by atoms with van der Waals surface area (Å²) < 4.78 is 41.9. The number of nitro benzene ring substituents is 1. The van der Waals surface area contributed by atoms with Crippen LogP contribution in [0.5, 0.6) is 0 Å². The number of alkyl halides is 3. The Bertz CT molecular complexity index is 1240. The topological polar surface area (TPSA) is 81.3 Å². The number of rotatable bonds is 6. The number of carbonyl (C=O) groups excluding carboxylic acids is 1. The first-order valence-corrected chi connectivity index (χ1v) is 12.2. The maximum atomic E-state index is 13.4. The zero-order chi connectivity index (χ0) is 25.2. The predicted octanol–water partition coefficient (Wildman–Crippen LogP) is 5.60. The van der Waals surface area contributed by atoms with Crippen LogP contribution in [0.3, 0.4) is 0 Å². The van der Waals surface area contributed by atoms with Gasteiger partial charge in [0, 0.05) is 49.6 Å². The lowest BCUT2D eigenvalue weighted by molar-refractivity contribution is -0.387. The van der Waals surface area contributed by atoms with Gasteiger partial charge in [0.1, 0.15) is 5.82 Å². The van der Waals surface area contributed by atoms with Crippen molar-refractivity contribution in [1.29, 1.82) is 0 Å².